The molecule has 0 saturated carbocycles. The van der Waals surface area contributed by atoms with Crippen molar-refractivity contribution in [2.75, 3.05) is 5.32 Å². The number of carbonyl (C=O) groups excluding carboxylic acids is 1. The van der Waals surface area contributed by atoms with E-state index in [1.807, 2.05) is 0 Å². The minimum atomic E-state index is -0.397. The fraction of sp³-hybridized carbons (Fsp3) is 0.0769. The van der Waals surface area contributed by atoms with E-state index in [0.29, 0.717) is 16.4 Å². The van der Waals surface area contributed by atoms with Crippen LogP contribution in [-0.2, 0) is 11.2 Å². The fourth-order valence-electron chi connectivity index (χ4n) is 1.47. The predicted molar refractivity (Wildman–Crippen MR) is 68.0 cm³/mol. The van der Waals surface area contributed by atoms with Crippen molar-refractivity contribution < 1.29 is 9.18 Å². The Labute approximate surface area is 109 Å². The van der Waals surface area contributed by atoms with Crippen LogP contribution in [0.25, 0.3) is 0 Å². The maximum Gasteiger partial charge on any atom is 0.230 e. The first-order valence-corrected chi connectivity index (χ1v) is 5.68. The van der Waals surface area contributed by atoms with Gasteiger partial charge >= 0.3 is 0 Å². The van der Waals surface area contributed by atoms with E-state index < -0.39 is 5.82 Å². The van der Waals surface area contributed by atoms with E-state index in [1.54, 1.807) is 24.3 Å². The molecule has 1 aromatic carbocycles. The molecular formula is C13H10ClFN2O. The summed E-state index contributed by atoms with van der Waals surface area (Å²) in [5.74, 6) is -0.384. The number of benzene rings is 1. The van der Waals surface area contributed by atoms with E-state index >= 15 is 0 Å². The number of anilines is 1. The minimum Gasteiger partial charge on any atom is -0.310 e. The van der Waals surface area contributed by atoms with Gasteiger partial charge in [-0.25, -0.2) is 9.37 Å². The molecule has 0 radical (unpaired) electrons. The molecule has 2 aromatic rings. The maximum absolute atomic E-state index is 13.3. The zero-order chi connectivity index (χ0) is 13.0. The largest absolute Gasteiger partial charge is 0.310 e. The van der Waals surface area contributed by atoms with Crippen LogP contribution >= 0.6 is 11.6 Å². The van der Waals surface area contributed by atoms with Crippen LogP contribution in [0.2, 0.25) is 5.02 Å². The normalized spacial score (nSPS) is 10.1. The number of nitrogens with zero attached hydrogens (tertiary/aromatic N) is 1. The predicted octanol–water partition coefficient (Wildman–Crippen LogP) is 3.06. The molecule has 1 aromatic heterocycles. The molecule has 5 heteroatoms. The summed E-state index contributed by atoms with van der Waals surface area (Å²) < 4.78 is 13.3. The Kier molecular flexibility index (Phi) is 3.89. The highest BCUT2D eigenvalue weighted by molar-refractivity contribution is 6.30. The Morgan fingerprint density at radius 2 is 2.11 bits per heavy atom. The monoisotopic (exact) mass is 264 g/mol. The van der Waals surface area contributed by atoms with E-state index in [9.17, 15) is 9.18 Å². The van der Waals surface area contributed by atoms with Gasteiger partial charge < -0.3 is 5.32 Å². The Morgan fingerprint density at radius 3 is 2.83 bits per heavy atom. The van der Waals surface area contributed by atoms with Gasteiger partial charge in [0, 0.05) is 11.2 Å². The van der Waals surface area contributed by atoms with Crippen molar-refractivity contribution in [3.05, 3.63) is 59.0 Å². The number of amides is 1. The van der Waals surface area contributed by atoms with E-state index in [4.69, 9.17) is 11.6 Å². The number of aromatic nitrogens is 1. The molecule has 92 valence electrons. The number of pyridine rings is 1. The summed E-state index contributed by atoms with van der Waals surface area (Å²) in [5, 5.41) is 3.04. The molecule has 0 spiro atoms. The number of halogens is 2. The van der Waals surface area contributed by atoms with Crippen LogP contribution in [0.15, 0.2) is 42.6 Å². The lowest BCUT2D eigenvalue weighted by atomic mass is 10.1. The van der Waals surface area contributed by atoms with Crippen molar-refractivity contribution in [3.63, 3.8) is 0 Å². The highest BCUT2D eigenvalue weighted by Crippen LogP contribution is 2.13. The molecule has 1 N–H and O–H groups in total. The number of hydrogen-bond acceptors (Lipinski definition) is 2. The molecule has 18 heavy (non-hydrogen) atoms. The summed E-state index contributed by atoms with van der Waals surface area (Å²) in [7, 11) is 0. The van der Waals surface area contributed by atoms with Crippen molar-refractivity contribution in [2.24, 2.45) is 0 Å². The van der Waals surface area contributed by atoms with Gasteiger partial charge in [-0.1, -0.05) is 29.8 Å². The summed E-state index contributed by atoms with van der Waals surface area (Å²) in [6.45, 7) is 0. The molecule has 1 amide bonds. The van der Waals surface area contributed by atoms with Crippen LogP contribution in [-0.4, -0.2) is 10.9 Å². The molecule has 0 saturated heterocycles. The number of hydrogen-bond donors (Lipinski definition) is 1. The first-order chi connectivity index (χ1) is 8.65. The third kappa shape index (κ3) is 3.28. The van der Waals surface area contributed by atoms with Gasteiger partial charge in [0.2, 0.25) is 5.91 Å². The zero-order valence-electron chi connectivity index (χ0n) is 9.36. The van der Waals surface area contributed by atoms with Gasteiger partial charge in [0.15, 0.2) is 0 Å². The van der Waals surface area contributed by atoms with E-state index in [1.165, 1.54) is 18.3 Å². The van der Waals surface area contributed by atoms with Crippen LogP contribution in [0.3, 0.4) is 0 Å². The third-order valence-corrected chi connectivity index (χ3v) is 2.53. The molecule has 3 nitrogen and oxygen atoms in total. The lowest BCUT2D eigenvalue weighted by Crippen LogP contribution is -2.15. The summed E-state index contributed by atoms with van der Waals surface area (Å²) in [6.07, 6.45) is 1.45. The number of carbonyl (C=O) groups is 1. The zero-order valence-corrected chi connectivity index (χ0v) is 10.1. The van der Waals surface area contributed by atoms with Crippen LogP contribution in [0.4, 0.5) is 10.2 Å². The first kappa shape index (κ1) is 12.5. The van der Waals surface area contributed by atoms with Crippen molar-refractivity contribution in [1.29, 1.82) is 0 Å². The quantitative estimate of drug-likeness (QED) is 0.926. The standard InChI is InChI=1S/C13H10ClFN2O/c14-10-5-6-16-12(8-10)17-13(18)7-9-3-1-2-4-11(9)15/h1-6,8H,7H2,(H,16,17,18). The summed E-state index contributed by atoms with van der Waals surface area (Å²) >= 11 is 5.76. The Morgan fingerprint density at radius 1 is 1.33 bits per heavy atom. The van der Waals surface area contributed by atoms with Gasteiger partial charge in [-0.2, -0.15) is 0 Å². The number of nitrogens with one attached hydrogen (secondary N) is 1. The maximum atomic E-state index is 13.3. The van der Waals surface area contributed by atoms with E-state index in [0.717, 1.165) is 0 Å². The highest BCUT2D eigenvalue weighted by atomic mass is 35.5. The summed E-state index contributed by atoms with van der Waals surface area (Å²) in [5.41, 5.74) is 0.344. The van der Waals surface area contributed by atoms with Crippen molar-refractivity contribution >= 4 is 23.3 Å². The topological polar surface area (TPSA) is 42.0 Å². The highest BCUT2D eigenvalue weighted by Gasteiger charge is 2.08. The van der Waals surface area contributed by atoms with Crippen LogP contribution in [0.5, 0.6) is 0 Å². The SMILES string of the molecule is O=C(Cc1ccccc1F)Nc1cc(Cl)ccn1. The molecule has 0 unspecified atom stereocenters. The second-order valence-electron chi connectivity index (χ2n) is 3.68. The molecule has 0 fully saturated rings. The molecule has 2 rings (SSSR count). The van der Waals surface area contributed by atoms with Crippen LogP contribution in [0.1, 0.15) is 5.56 Å². The Balaban J connectivity index is 2.03. The van der Waals surface area contributed by atoms with Crippen molar-refractivity contribution in [3.8, 4) is 0 Å². The second-order valence-corrected chi connectivity index (χ2v) is 4.11. The molecule has 1 heterocycles. The molecule has 0 atom stereocenters. The summed E-state index contributed by atoms with van der Waals surface area (Å²) in [4.78, 5) is 15.6. The second kappa shape index (κ2) is 5.60. The molecule has 0 bridgehead atoms. The van der Waals surface area contributed by atoms with Crippen molar-refractivity contribution in [2.45, 2.75) is 6.42 Å². The van der Waals surface area contributed by atoms with Gasteiger partial charge in [0.1, 0.15) is 11.6 Å². The smallest absolute Gasteiger partial charge is 0.230 e. The third-order valence-electron chi connectivity index (χ3n) is 2.30. The van der Waals surface area contributed by atoms with E-state index in [2.05, 4.69) is 10.3 Å². The average molecular weight is 265 g/mol. The van der Waals surface area contributed by atoms with Gasteiger partial charge in [0.25, 0.3) is 0 Å². The minimum absolute atomic E-state index is 0.0408. The van der Waals surface area contributed by atoms with Gasteiger partial charge in [0.05, 0.1) is 6.42 Å². The average Bonchev–Trinajstić information content (AvgIpc) is 2.32. The Hall–Kier alpha value is -1.94. The van der Waals surface area contributed by atoms with Gasteiger partial charge in [-0.05, 0) is 23.8 Å². The molecule has 0 aliphatic heterocycles. The lowest BCUT2D eigenvalue weighted by molar-refractivity contribution is -0.115. The first-order valence-electron chi connectivity index (χ1n) is 5.30. The molecular weight excluding hydrogens is 255 g/mol. The fourth-order valence-corrected chi connectivity index (χ4v) is 1.63. The summed E-state index contributed by atoms with van der Waals surface area (Å²) in [6, 6.07) is 9.29. The Bertz CT molecular complexity index is 574. The molecule has 0 aliphatic carbocycles. The van der Waals surface area contributed by atoms with Crippen molar-refractivity contribution in [1.82, 2.24) is 4.98 Å². The lowest BCUT2D eigenvalue weighted by Gasteiger charge is -2.05. The number of rotatable bonds is 3. The van der Waals surface area contributed by atoms with Gasteiger partial charge in [-0.15, -0.1) is 0 Å². The van der Waals surface area contributed by atoms with E-state index in [-0.39, 0.29) is 12.3 Å². The molecule has 0 aliphatic rings. The van der Waals surface area contributed by atoms with Gasteiger partial charge in [-0.3, -0.25) is 4.79 Å². The van der Waals surface area contributed by atoms with Crippen LogP contribution < -0.4 is 5.32 Å². The van der Waals surface area contributed by atoms with Crippen LogP contribution in [0, 0.1) is 5.82 Å².